The average Bonchev–Trinajstić information content (AvgIpc) is 2.83. The van der Waals surface area contributed by atoms with Crippen LogP contribution in [0.2, 0.25) is 5.02 Å². The highest BCUT2D eigenvalue weighted by molar-refractivity contribution is 7.89. The van der Waals surface area contributed by atoms with Crippen molar-refractivity contribution in [3.8, 4) is 0 Å². The van der Waals surface area contributed by atoms with Crippen LogP contribution < -0.4 is 0 Å². The summed E-state index contributed by atoms with van der Waals surface area (Å²) in [5.41, 5.74) is -0.526. The zero-order valence-corrected chi connectivity index (χ0v) is 22.6. The molecule has 0 unspecified atom stereocenters. The summed E-state index contributed by atoms with van der Waals surface area (Å²) < 4.78 is 33.3. The van der Waals surface area contributed by atoms with Crippen LogP contribution in [0.1, 0.15) is 40.0 Å². The Morgan fingerprint density at radius 3 is 2.17 bits per heavy atom. The highest BCUT2D eigenvalue weighted by atomic mass is 35.5. The maximum absolute atomic E-state index is 13.2. The van der Waals surface area contributed by atoms with Crippen molar-refractivity contribution in [3.63, 3.8) is 0 Å². The van der Waals surface area contributed by atoms with E-state index in [2.05, 4.69) is 0 Å². The fourth-order valence-electron chi connectivity index (χ4n) is 4.70. The van der Waals surface area contributed by atoms with Gasteiger partial charge in [-0.05, 0) is 74.6 Å². The molecule has 196 valence electrons. The number of ether oxygens (including phenoxy) is 1. The van der Waals surface area contributed by atoms with E-state index in [1.165, 1.54) is 4.31 Å². The summed E-state index contributed by atoms with van der Waals surface area (Å²) in [5.74, 6) is 0.259. The van der Waals surface area contributed by atoms with Gasteiger partial charge in [-0.3, -0.25) is 4.79 Å². The van der Waals surface area contributed by atoms with E-state index in [9.17, 15) is 18.0 Å². The van der Waals surface area contributed by atoms with E-state index in [0.717, 1.165) is 23.6 Å². The first-order chi connectivity index (χ1) is 16.9. The summed E-state index contributed by atoms with van der Waals surface area (Å²) in [4.78, 5) is 28.9. The number of hydrogen-bond acceptors (Lipinski definition) is 5. The molecule has 2 aromatic carbocycles. The first-order valence-corrected chi connectivity index (χ1v) is 14.2. The van der Waals surface area contributed by atoms with E-state index < -0.39 is 15.6 Å². The zero-order chi connectivity index (χ0) is 26.1. The van der Waals surface area contributed by atoms with Gasteiger partial charge in [-0.1, -0.05) is 23.7 Å². The number of nitrogens with zero attached hydrogens (tertiary/aromatic N) is 3. The van der Waals surface area contributed by atoms with Gasteiger partial charge in [0, 0.05) is 50.7 Å². The number of rotatable bonds is 4. The molecule has 2 aliphatic rings. The van der Waals surface area contributed by atoms with Crippen LogP contribution >= 0.6 is 11.6 Å². The molecule has 2 fully saturated rings. The first-order valence-electron chi connectivity index (χ1n) is 12.4. The SMILES string of the molecule is CC(C)(C)OC(=O)N1CCC(CC(=O)N2CCN(S(=O)(=O)c3ccc4cc(Cl)ccc4c3)CC2)CC1. The number of fused-ring (bicyclic) bond motifs is 1. The molecule has 2 amide bonds. The Hall–Kier alpha value is -2.36. The van der Waals surface area contributed by atoms with Crippen molar-refractivity contribution in [1.82, 2.24) is 14.1 Å². The van der Waals surface area contributed by atoms with E-state index >= 15 is 0 Å². The van der Waals surface area contributed by atoms with Crippen LogP contribution in [0.3, 0.4) is 0 Å². The van der Waals surface area contributed by atoms with Crippen molar-refractivity contribution in [3.05, 3.63) is 41.4 Å². The third kappa shape index (κ3) is 6.30. The van der Waals surface area contributed by atoms with Crippen LogP contribution in [0.15, 0.2) is 41.3 Å². The highest BCUT2D eigenvalue weighted by Gasteiger charge is 2.32. The summed E-state index contributed by atoms with van der Waals surface area (Å²) in [6.45, 7) is 7.98. The Morgan fingerprint density at radius 1 is 0.917 bits per heavy atom. The molecule has 0 aliphatic carbocycles. The average molecular weight is 536 g/mol. The predicted molar refractivity (Wildman–Crippen MR) is 139 cm³/mol. The van der Waals surface area contributed by atoms with Gasteiger partial charge in [0.25, 0.3) is 0 Å². The smallest absolute Gasteiger partial charge is 0.410 e. The van der Waals surface area contributed by atoms with Crippen molar-refractivity contribution in [2.24, 2.45) is 5.92 Å². The molecule has 36 heavy (non-hydrogen) atoms. The van der Waals surface area contributed by atoms with Gasteiger partial charge in [-0.15, -0.1) is 0 Å². The molecular weight excluding hydrogens is 502 g/mol. The van der Waals surface area contributed by atoms with Crippen molar-refractivity contribution >= 4 is 44.4 Å². The lowest BCUT2D eigenvalue weighted by Crippen LogP contribution is -2.51. The monoisotopic (exact) mass is 535 g/mol. The van der Waals surface area contributed by atoms with E-state index in [1.54, 1.807) is 40.1 Å². The molecule has 0 atom stereocenters. The van der Waals surface area contributed by atoms with Crippen molar-refractivity contribution in [1.29, 1.82) is 0 Å². The molecule has 0 radical (unpaired) electrons. The predicted octanol–water partition coefficient (Wildman–Crippen LogP) is 4.36. The number of halogens is 1. The van der Waals surface area contributed by atoms with Crippen molar-refractivity contribution in [2.75, 3.05) is 39.3 Å². The van der Waals surface area contributed by atoms with Gasteiger partial charge in [0.15, 0.2) is 0 Å². The Kier molecular flexibility index (Phi) is 7.83. The Labute approximate surface area is 218 Å². The third-order valence-electron chi connectivity index (χ3n) is 6.73. The van der Waals surface area contributed by atoms with Crippen molar-refractivity contribution in [2.45, 2.75) is 50.5 Å². The molecule has 2 saturated heterocycles. The van der Waals surface area contributed by atoms with Crippen LogP contribution in [-0.2, 0) is 19.6 Å². The summed E-state index contributed by atoms with van der Waals surface area (Å²) in [5, 5.41) is 2.30. The number of piperidine rings is 1. The maximum atomic E-state index is 13.2. The first kappa shape index (κ1) is 26.7. The lowest BCUT2D eigenvalue weighted by Gasteiger charge is -2.36. The number of likely N-dealkylation sites (tertiary alicyclic amines) is 1. The van der Waals surface area contributed by atoms with E-state index in [-0.39, 0.29) is 35.9 Å². The van der Waals surface area contributed by atoms with Gasteiger partial charge in [0.1, 0.15) is 5.60 Å². The molecule has 0 N–H and O–H groups in total. The van der Waals surface area contributed by atoms with Gasteiger partial charge in [-0.25, -0.2) is 13.2 Å². The summed E-state index contributed by atoms with van der Waals surface area (Å²) in [6, 6.07) is 10.4. The number of carbonyl (C=O) groups is 2. The number of amides is 2. The van der Waals surface area contributed by atoms with Crippen LogP contribution in [0.25, 0.3) is 10.8 Å². The van der Waals surface area contributed by atoms with E-state index in [0.29, 0.717) is 37.6 Å². The quantitative estimate of drug-likeness (QED) is 0.580. The molecule has 2 aliphatic heterocycles. The topological polar surface area (TPSA) is 87.2 Å². The number of carbonyl (C=O) groups excluding carboxylic acids is 2. The Bertz CT molecular complexity index is 1230. The van der Waals surface area contributed by atoms with Gasteiger partial charge in [0.2, 0.25) is 15.9 Å². The lowest BCUT2D eigenvalue weighted by molar-refractivity contribution is -0.133. The van der Waals surface area contributed by atoms with Crippen LogP contribution in [-0.4, -0.2) is 79.4 Å². The Morgan fingerprint density at radius 2 is 1.53 bits per heavy atom. The zero-order valence-electron chi connectivity index (χ0n) is 21.1. The number of piperazine rings is 1. The van der Waals surface area contributed by atoms with Crippen LogP contribution in [0.4, 0.5) is 4.79 Å². The number of benzene rings is 2. The molecule has 2 heterocycles. The minimum atomic E-state index is -3.65. The molecule has 0 aromatic heterocycles. The molecule has 4 rings (SSSR count). The summed E-state index contributed by atoms with van der Waals surface area (Å²) in [6.07, 6.45) is 1.63. The van der Waals surface area contributed by atoms with Gasteiger partial charge < -0.3 is 14.5 Å². The number of sulfonamides is 1. The second kappa shape index (κ2) is 10.6. The second-order valence-electron chi connectivity index (χ2n) is 10.6. The molecule has 0 bridgehead atoms. The summed E-state index contributed by atoms with van der Waals surface area (Å²) >= 11 is 6.03. The largest absolute Gasteiger partial charge is 0.444 e. The van der Waals surface area contributed by atoms with Crippen LogP contribution in [0, 0.1) is 5.92 Å². The van der Waals surface area contributed by atoms with E-state index in [4.69, 9.17) is 16.3 Å². The van der Waals surface area contributed by atoms with Gasteiger partial charge in [0.05, 0.1) is 4.90 Å². The third-order valence-corrected chi connectivity index (χ3v) is 8.86. The fourth-order valence-corrected chi connectivity index (χ4v) is 6.34. The number of hydrogen-bond donors (Lipinski definition) is 0. The fraction of sp³-hybridized carbons (Fsp3) is 0.538. The normalized spacial score (nSPS) is 18.4. The molecular formula is C26H34ClN3O5S. The van der Waals surface area contributed by atoms with Crippen molar-refractivity contribution < 1.29 is 22.7 Å². The van der Waals surface area contributed by atoms with Crippen LogP contribution in [0.5, 0.6) is 0 Å². The maximum Gasteiger partial charge on any atom is 0.410 e. The minimum absolute atomic E-state index is 0.0466. The Balaban J connectivity index is 1.28. The lowest BCUT2D eigenvalue weighted by atomic mass is 9.93. The molecule has 0 saturated carbocycles. The van der Waals surface area contributed by atoms with E-state index in [1.807, 2.05) is 26.8 Å². The second-order valence-corrected chi connectivity index (χ2v) is 12.9. The standard InChI is InChI=1S/C26H34ClN3O5S/c1-26(2,3)35-25(32)29-10-8-19(9-11-29)16-24(31)28-12-14-30(15-13-28)36(33,34)23-7-5-20-17-22(27)6-4-21(20)18-23/h4-7,17-19H,8-16H2,1-3H3. The molecule has 10 heteroatoms. The molecule has 8 nitrogen and oxygen atoms in total. The van der Waals surface area contributed by atoms with Gasteiger partial charge >= 0.3 is 6.09 Å². The minimum Gasteiger partial charge on any atom is -0.444 e. The van der Waals surface area contributed by atoms with Gasteiger partial charge in [-0.2, -0.15) is 4.31 Å². The molecule has 0 spiro atoms. The summed E-state index contributed by atoms with van der Waals surface area (Å²) in [7, 11) is -3.65. The highest BCUT2D eigenvalue weighted by Crippen LogP contribution is 2.26. The molecule has 2 aromatic rings.